The van der Waals surface area contributed by atoms with Crippen LogP contribution in [0.3, 0.4) is 0 Å². The lowest BCUT2D eigenvalue weighted by Crippen LogP contribution is -1.84. The van der Waals surface area contributed by atoms with E-state index in [-0.39, 0.29) is 0 Å². The van der Waals surface area contributed by atoms with Gasteiger partial charge in [0, 0.05) is 26.4 Å². The molecule has 92 valence electrons. The molecule has 0 spiro atoms. The van der Waals surface area contributed by atoms with Crippen LogP contribution in [-0.4, -0.2) is 11.1 Å². The molecule has 0 aliphatic heterocycles. The Morgan fingerprint density at radius 3 is 2.83 bits per heavy atom. The maximum absolute atomic E-state index is 10.4. The van der Waals surface area contributed by atoms with Crippen LogP contribution in [-0.2, 0) is 4.79 Å². The minimum Gasteiger partial charge on any atom is -0.478 e. The Kier molecular flexibility index (Phi) is 3.84. The molecule has 1 N–H and O–H groups in total. The molecule has 0 aliphatic rings. The summed E-state index contributed by atoms with van der Waals surface area (Å²) in [7, 11) is 0. The van der Waals surface area contributed by atoms with Crippen molar-refractivity contribution in [2.24, 2.45) is 0 Å². The topological polar surface area (TPSA) is 37.3 Å². The van der Waals surface area contributed by atoms with E-state index in [4.69, 9.17) is 16.7 Å². The molecule has 0 aliphatic carbocycles. The Balaban J connectivity index is 2.35. The van der Waals surface area contributed by atoms with Gasteiger partial charge in [-0.3, -0.25) is 0 Å². The van der Waals surface area contributed by atoms with Crippen LogP contribution in [0.1, 0.15) is 10.4 Å². The van der Waals surface area contributed by atoms with Crippen LogP contribution in [0.4, 0.5) is 0 Å². The molecule has 4 heteroatoms. The van der Waals surface area contributed by atoms with Gasteiger partial charge in [0.05, 0.1) is 0 Å². The molecule has 2 nitrogen and oxygen atoms in total. The van der Waals surface area contributed by atoms with E-state index in [0.29, 0.717) is 5.02 Å². The smallest absolute Gasteiger partial charge is 0.328 e. The molecule has 0 radical (unpaired) electrons. The highest BCUT2D eigenvalue weighted by Crippen LogP contribution is 2.34. The minimum atomic E-state index is -0.946. The lowest BCUT2D eigenvalue weighted by atomic mass is 10.1. The number of halogens is 1. The third-order valence-electron chi connectivity index (χ3n) is 2.40. The predicted molar refractivity (Wildman–Crippen MR) is 76.2 cm³/mol. The Morgan fingerprint density at radius 2 is 2.11 bits per heavy atom. The number of aliphatic carboxylic acids is 1. The first-order chi connectivity index (χ1) is 8.56. The van der Waals surface area contributed by atoms with Crippen LogP contribution < -0.4 is 0 Å². The average molecular weight is 279 g/mol. The van der Waals surface area contributed by atoms with Gasteiger partial charge in [-0.05, 0) is 37.3 Å². The van der Waals surface area contributed by atoms with Crippen molar-refractivity contribution in [2.75, 3.05) is 0 Å². The van der Waals surface area contributed by atoms with Gasteiger partial charge in [0.2, 0.25) is 0 Å². The summed E-state index contributed by atoms with van der Waals surface area (Å²) in [5, 5.41) is 9.28. The summed E-state index contributed by atoms with van der Waals surface area (Å²) >= 11 is 7.68. The van der Waals surface area contributed by atoms with E-state index >= 15 is 0 Å². The Hall–Kier alpha value is -1.58. The summed E-state index contributed by atoms with van der Waals surface area (Å²) in [6.07, 6.45) is 2.72. The molecule has 0 saturated heterocycles. The first-order valence-corrected chi connectivity index (χ1v) is 6.53. The molecule has 1 aromatic heterocycles. The SMILES string of the molecule is Cc1ccc(Cl)c(-c2ccc(/C=C/C(=O)O)s2)c1. The zero-order valence-electron chi connectivity index (χ0n) is 9.68. The van der Waals surface area contributed by atoms with Crippen LogP contribution in [0, 0.1) is 6.92 Å². The molecule has 0 atom stereocenters. The largest absolute Gasteiger partial charge is 0.478 e. The van der Waals surface area contributed by atoms with Crippen molar-refractivity contribution in [3.63, 3.8) is 0 Å². The van der Waals surface area contributed by atoms with Crippen LogP contribution in [0.2, 0.25) is 5.02 Å². The molecule has 1 heterocycles. The lowest BCUT2D eigenvalue weighted by molar-refractivity contribution is -0.131. The van der Waals surface area contributed by atoms with E-state index in [1.165, 1.54) is 11.3 Å². The summed E-state index contributed by atoms with van der Waals surface area (Å²) in [6.45, 7) is 2.01. The van der Waals surface area contributed by atoms with Crippen molar-refractivity contribution in [3.05, 3.63) is 51.9 Å². The van der Waals surface area contributed by atoms with E-state index in [1.807, 2.05) is 37.3 Å². The fourth-order valence-corrected chi connectivity index (χ4v) is 2.78. The number of hydrogen-bond acceptors (Lipinski definition) is 2. The summed E-state index contributed by atoms with van der Waals surface area (Å²) in [4.78, 5) is 12.4. The van der Waals surface area contributed by atoms with E-state index in [9.17, 15) is 4.79 Å². The molecule has 0 amide bonds. The molecular formula is C14H11ClO2S. The summed E-state index contributed by atoms with van der Waals surface area (Å²) in [6, 6.07) is 9.70. The minimum absolute atomic E-state index is 0.705. The molecule has 0 unspecified atom stereocenters. The highest BCUT2D eigenvalue weighted by Gasteiger charge is 2.06. The fourth-order valence-electron chi connectivity index (χ4n) is 1.57. The van der Waals surface area contributed by atoms with Gasteiger partial charge < -0.3 is 5.11 Å². The van der Waals surface area contributed by atoms with Crippen LogP contribution in [0.15, 0.2) is 36.4 Å². The van der Waals surface area contributed by atoms with Crippen molar-refractivity contribution in [1.82, 2.24) is 0 Å². The van der Waals surface area contributed by atoms with Crippen molar-refractivity contribution in [2.45, 2.75) is 6.92 Å². The normalized spacial score (nSPS) is 11.0. The summed E-state index contributed by atoms with van der Waals surface area (Å²) < 4.78 is 0. The molecular weight excluding hydrogens is 268 g/mol. The van der Waals surface area contributed by atoms with Crippen molar-refractivity contribution in [3.8, 4) is 10.4 Å². The van der Waals surface area contributed by atoms with Gasteiger partial charge >= 0.3 is 5.97 Å². The molecule has 18 heavy (non-hydrogen) atoms. The van der Waals surface area contributed by atoms with Gasteiger partial charge in [0.25, 0.3) is 0 Å². The highest BCUT2D eigenvalue weighted by atomic mass is 35.5. The molecule has 0 fully saturated rings. The summed E-state index contributed by atoms with van der Waals surface area (Å²) in [5.41, 5.74) is 2.13. The molecule has 2 aromatic rings. The number of aryl methyl sites for hydroxylation is 1. The van der Waals surface area contributed by atoms with Crippen molar-refractivity contribution >= 4 is 35.0 Å². The molecule has 0 saturated carbocycles. The van der Waals surface area contributed by atoms with Gasteiger partial charge in [-0.15, -0.1) is 11.3 Å². The van der Waals surface area contributed by atoms with Gasteiger partial charge in [-0.2, -0.15) is 0 Å². The van der Waals surface area contributed by atoms with Crippen LogP contribution >= 0.6 is 22.9 Å². The number of carbonyl (C=O) groups is 1. The van der Waals surface area contributed by atoms with Crippen molar-refractivity contribution in [1.29, 1.82) is 0 Å². The Labute approximate surface area is 114 Å². The quantitative estimate of drug-likeness (QED) is 0.841. The van der Waals surface area contributed by atoms with E-state index in [2.05, 4.69) is 0 Å². The Bertz CT molecular complexity index is 614. The number of thiophene rings is 1. The second-order valence-electron chi connectivity index (χ2n) is 3.86. The van der Waals surface area contributed by atoms with Crippen molar-refractivity contribution < 1.29 is 9.90 Å². The maximum atomic E-state index is 10.4. The van der Waals surface area contributed by atoms with Crippen LogP contribution in [0.5, 0.6) is 0 Å². The third-order valence-corrected chi connectivity index (χ3v) is 3.82. The van der Waals surface area contributed by atoms with E-state index in [0.717, 1.165) is 27.0 Å². The number of hydrogen-bond donors (Lipinski definition) is 1. The molecule has 1 aromatic carbocycles. The second-order valence-corrected chi connectivity index (χ2v) is 5.38. The average Bonchev–Trinajstić information content (AvgIpc) is 2.78. The second kappa shape index (κ2) is 5.38. The zero-order chi connectivity index (χ0) is 13.1. The Morgan fingerprint density at radius 1 is 1.33 bits per heavy atom. The standard InChI is InChI=1S/C14H11ClO2S/c1-9-2-5-12(15)11(8-9)13-6-3-10(18-13)4-7-14(16)17/h2-8H,1H3,(H,16,17)/b7-4+. The number of benzene rings is 1. The zero-order valence-corrected chi connectivity index (χ0v) is 11.3. The lowest BCUT2D eigenvalue weighted by Gasteiger charge is -2.02. The molecule has 2 rings (SSSR count). The number of carboxylic acids is 1. The maximum Gasteiger partial charge on any atom is 0.328 e. The molecule has 0 bridgehead atoms. The van der Waals surface area contributed by atoms with Gasteiger partial charge in [-0.1, -0.05) is 23.2 Å². The predicted octanol–water partition coefficient (Wildman–Crippen LogP) is 4.47. The fraction of sp³-hybridized carbons (Fsp3) is 0.0714. The van der Waals surface area contributed by atoms with E-state index in [1.54, 1.807) is 6.08 Å². The number of carboxylic acid groups (broad SMARTS) is 1. The summed E-state index contributed by atoms with van der Waals surface area (Å²) in [5.74, 6) is -0.946. The van der Waals surface area contributed by atoms with Gasteiger partial charge in [0.15, 0.2) is 0 Å². The monoisotopic (exact) mass is 278 g/mol. The van der Waals surface area contributed by atoms with Gasteiger partial charge in [0.1, 0.15) is 0 Å². The first kappa shape index (κ1) is 12.9. The van der Waals surface area contributed by atoms with Crippen LogP contribution in [0.25, 0.3) is 16.5 Å². The first-order valence-electron chi connectivity index (χ1n) is 5.33. The third kappa shape index (κ3) is 3.00. The van der Waals surface area contributed by atoms with Gasteiger partial charge in [-0.25, -0.2) is 4.79 Å². The van der Waals surface area contributed by atoms with E-state index < -0.39 is 5.97 Å². The highest BCUT2D eigenvalue weighted by molar-refractivity contribution is 7.16. The number of rotatable bonds is 3.